The first-order valence-corrected chi connectivity index (χ1v) is 10.6. The number of rotatable bonds is 6. The highest BCUT2D eigenvalue weighted by molar-refractivity contribution is 7.18. The molecular formula is C22H21N3O4S. The van der Waals surface area contributed by atoms with Gasteiger partial charge in [0.1, 0.15) is 0 Å². The molecule has 154 valence electrons. The lowest BCUT2D eigenvalue weighted by molar-refractivity contribution is -0.140. The number of hydrogen-bond donors (Lipinski definition) is 1. The van der Waals surface area contributed by atoms with E-state index >= 15 is 0 Å². The Balaban J connectivity index is 1.42. The van der Waals surface area contributed by atoms with Crippen LogP contribution in [-0.2, 0) is 14.4 Å². The number of fused-ring (bicyclic) bond motifs is 1. The van der Waals surface area contributed by atoms with Crippen molar-refractivity contribution in [1.29, 1.82) is 0 Å². The summed E-state index contributed by atoms with van der Waals surface area (Å²) in [6.45, 7) is 1.51. The van der Waals surface area contributed by atoms with Crippen molar-refractivity contribution in [1.82, 2.24) is 9.88 Å². The smallest absolute Gasteiger partial charge is 0.233 e. The van der Waals surface area contributed by atoms with E-state index in [4.69, 9.17) is 0 Å². The van der Waals surface area contributed by atoms with Crippen LogP contribution >= 0.6 is 11.3 Å². The molecule has 0 saturated carbocycles. The molecule has 4 rings (SSSR count). The number of imide groups is 1. The maximum atomic E-state index is 12.5. The lowest BCUT2D eigenvalue weighted by atomic mass is 9.85. The Morgan fingerprint density at radius 2 is 1.73 bits per heavy atom. The number of benzene rings is 1. The van der Waals surface area contributed by atoms with E-state index in [9.17, 15) is 19.2 Å². The number of anilines is 1. The highest BCUT2D eigenvalue weighted by Gasteiger charge is 2.46. The molecule has 1 aromatic heterocycles. The van der Waals surface area contributed by atoms with Gasteiger partial charge in [-0.3, -0.25) is 24.1 Å². The largest absolute Gasteiger partial charge is 0.302 e. The van der Waals surface area contributed by atoms with Gasteiger partial charge in [0.15, 0.2) is 10.9 Å². The summed E-state index contributed by atoms with van der Waals surface area (Å²) in [5.74, 6) is -1.46. The second kappa shape index (κ2) is 8.31. The number of thiazole rings is 1. The summed E-state index contributed by atoms with van der Waals surface area (Å²) >= 11 is 1.12. The van der Waals surface area contributed by atoms with Crippen LogP contribution in [0.5, 0.6) is 0 Å². The number of likely N-dealkylation sites (tertiary alicyclic amines) is 1. The van der Waals surface area contributed by atoms with Crippen LogP contribution in [0.3, 0.4) is 0 Å². The fraction of sp³-hybridized carbons (Fsp3) is 0.318. The van der Waals surface area contributed by atoms with Crippen molar-refractivity contribution in [3.05, 3.63) is 47.4 Å². The molecule has 8 heteroatoms. The average Bonchev–Trinajstić information content (AvgIpc) is 3.27. The van der Waals surface area contributed by atoms with Crippen LogP contribution in [-0.4, -0.2) is 39.9 Å². The quantitative estimate of drug-likeness (QED) is 0.437. The van der Waals surface area contributed by atoms with E-state index in [-0.39, 0.29) is 48.3 Å². The number of aromatic nitrogens is 1. The predicted octanol–water partition coefficient (Wildman–Crippen LogP) is 3.29. The first kappa shape index (κ1) is 20.2. The van der Waals surface area contributed by atoms with Crippen molar-refractivity contribution in [2.45, 2.75) is 26.2 Å². The summed E-state index contributed by atoms with van der Waals surface area (Å²) in [6, 6.07) is 9.29. The summed E-state index contributed by atoms with van der Waals surface area (Å²) in [5, 5.41) is 3.02. The van der Waals surface area contributed by atoms with Gasteiger partial charge in [0, 0.05) is 25.5 Å². The molecule has 1 fully saturated rings. The Morgan fingerprint density at radius 1 is 1.10 bits per heavy atom. The van der Waals surface area contributed by atoms with Crippen molar-refractivity contribution >= 4 is 40.0 Å². The summed E-state index contributed by atoms with van der Waals surface area (Å²) < 4.78 is 0. The Morgan fingerprint density at radius 3 is 2.33 bits per heavy atom. The van der Waals surface area contributed by atoms with E-state index in [0.717, 1.165) is 16.9 Å². The molecule has 1 saturated heterocycles. The van der Waals surface area contributed by atoms with Crippen LogP contribution in [0, 0.1) is 11.8 Å². The molecule has 2 atom stereocenters. The first-order valence-electron chi connectivity index (χ1n) is 9.83. The number of allylic oxidation sites excluding steroid dienone is 2. The summed E-state index contributed by atoms with van der Waals surface area (Å²) in [5.41, 5.74) is 1.33. The fourth-order valence-electron chi connectivity index (χ4n) is 3.89. The Hall–Kier alpha value is -3.13. The van der Waals surface area contributed by atoms with Gasteiger partial charge in [-0.1, -0.05) is 53.8 Å². The molecule has 1 aromatic carbocycles. The minimum absolute atomic E-state index is 0.0139. The maximum Gasteiger partial charge on any atom is 0.233 e. The molecule has 0 radical (unpaired) electrons. The third kappa shape index (κ3) is 3.82. The number of carbonyl (C=O) groups is 4. The second-order valence-corrected chi connectivity index (χ2v) is 8.40. The predicted molar refractivity (Wildman–Crippen MR) is 113 cm³/mol. The van der Waals surface area contributed by atoms with Gasteiger partial charge in [-0.25, -0.2) is 4.98 Å². The SMILES string of the molecule is CC(=O)c1sc(NC(=O)CCN2C(=O)[C@@H]3CC=CC[C@H]3C2=O)nc1-c1ccccc1. The number of nitrogens with zero attached hydrogens (tertiary/aromatic N) is 2. The third-order valence-corrected chi connectivity index (χ3v) is 6.47. The Labute approximate surface area is 177 Å². The molecule has 1 N–H and O–H groups in total. The van der Waals surface area contributed by atoms with E-state index in [0.29, 0.717) is 28.5 Å². The highest BCUT2D eigenvalue weighted by atomic mass is 32.1. The van der Waals surface area contributed by atoms with E-state index in [1.165, 1.54) is 11.8 Å². The minimum Gasteiger partial charge on any atom is -0.302 e. The zero-order valence-electron chi connectivity index (χ0n) is 16.5. The minimum atomic E-state index is -0.355. The number of amides is 3. The van der Waals surface area contributed by atoms with Gasteiger partial charge in [-0.05, 0) is 12.8 Å². The first-order chi connectivity index (χ1) is 14.5. The van der Waals surface area contributed by atoms with Crippen molar-refractivity contribution in [3.8, 4) is 11.3 Å². The van der Waals surface area contributed by atoms with Crippen LogP contribution in [0.4, 0.5) is 5.13 Å². The van der Waals surface area contributed by atoms with Crippen molar-refractivity contribution in [2.24, 2.45) is 11.8 Å². The molecular weight excluding hydrogens is 402 g/mol. The molecule has 0 spiro atoms. The zero-order valence-corrected chi connectivity index (χ0v) is 17.3. The molecule has 0 bridgehead atoms. The van der Waals surface area contributed by atoms with Gasteiger partial charge in [-0.2, -0.15) is 0 Å². The van der Waals surface area contributed by atoms with E-state index in [1.807, 2.05) is 42.5 Å². The van der Waals surface area contributed by atoms with Gasteiger partial charge in [0.2, 0.25) is 17.7 Å². The maximum absolute atomic E-state index is 12.5. The number of nitrogens with one attached hydrogen (secondary N) is 1. The lowest BCUT2D eigenvalue weighted by Gasteiger charge is -2.14. The second-order valence-electron chi connectivity index (χ2n) is 7.40. The average molecular weight is 423 g/mol. The van der Waals surface area contributed by atoms with Gasteiger partial charge in [0.25, 0.3) is 0 Å². The standard InChI is InChI=1S/C22H21N3O4S/c1-13(26)19-18(14-7-3-2-4-8-14)24-22(30-19)23-17(27)11-12-25-20(28)15-9-5-6-10-16(15)21(25)29/h2-8,15-16H,9-12H2,1H3,(H,23,24,27)/t15-,16-/m1/s1. The van der Waals surface area contributed by atoms with Gasteiger partial charge in [-0.15, -0.1) is 0 Å². The molecule has 1 aliphatic heterocycles. The van der Waals surface area contributed by atoms with Gasteiger partial charge >= 0.3 is 0 Å². The monoisotopic (exact) mass is 423 g/mol. The van der Waals surface area contributed by atoms with E-state index in [1.54, 1.807) is 0 Å². The summed E-state index contributed by atoms with van der Waals surface area (Å²) in [6.07, 6.45) is 5.00. The topological polar surface area (TPSA) is 96.4 Å². The van der Waals surface area contributed by atoms with Crippen molar-refractivity contribution < 1.29 is 19.2 Å². The Kier molecular flexibility index (Phi) is 5.59. The number of Topliss-reactive ketones (excluding diaryl/α,β-unsaturated/α-hetero) is 1. The fourth-order valence-corrected chi connectivity index (χ4v) is 4.79. The number of ketones is 1. The highest BCUT2D eigenvalue weighted by Crippen LogP contribution is 2.35. The molecule has 2 heterocycles. The van der Waals surface area contributed by atoms with Gasteiger partial charge in [0.05, 0.1) is 22.4 Å². The van der Waals surface area contributed by atoms with Gasteiger partial charge < -0.3 is 5.32 Å². The molecule has 1 aliphatic carbocycles. The lowest BCUT2D eigenvalue weighted by Crippen LogP contribution is -2.34. The zero-order chi connectivity index (χ0) is 21.3. The van der Waals surface area contributed by atoms with Crippen LogP contribution in [0.25, 0.3) is 11.3 Å². The van der Waals surface area contributed by atoms with Crippen molar-refractivity contribution in [3.63, 3.8) is 0 Å². The molecule has 7 nitrogen and oxygen atoms in total. The van der Waals surface area contributed by atoms with Crippen molar-refractivity contribution in [2.75, 3.05) is 11.9 Å². The third-order valence-electron chi connectivity index (χ3n) is 5.40. The summed E-state index contributed by atoms with van der Waals surface area (Å²) in [4.78, 5) is 55.5. The van der Waals surface area contributed by atoms with Crippen LogP contribution in [0.1, 0.15) is 35.9 Å². The molecule has 0 unspecified atom stereocenters. The van der Waals surface area contributed by atoms with Crippen LogP contribution < -0.4 is 5.32 Å². The molecule has 30 heavy (non-hydrogen) atoms. The van der Waals surface area contributed by atoms with E-state index < -0.39 is 0 Å². The molecule has 3 amide bonds. The Bertz CT molecular complexity index is 1020. The molecule has 2 aliphatic rings. The van der Waals surface area contributed by atoms with Crippen LogP contribution in [0.15, 0.2) is 42.5 Å². The normalized spacial score (nSPS) is 20.4. The van der Waals surface area contributed by atoms with E-state index in [2.05, 4.69) is 10.3 Å². The number of hydrogen-bond acceptors (Lipinski definition) is 6. The van der Waals surface area contributed by atoms with Crippen LogP contribution in [0.2, 0.25) is 0 Å². The molecule has 2 aromatic rings. The summed E-state index contributed by atoms with van der Waals surface area (Å²) in [7, 11) is 0. The number of carbonyl (C=O) groups excluding carboxylic acids is 4.